The van der Waals surface area contributed by atoms with E-state index in [1.165, 1.54) is 46.1 Å². The van der Waals surface area contributed by atoms with E-state index in [-0.39, 0.29) is 0 Å². The highest BCUT2D eigenvalue weighted by atomic mass is 32.1. The third kappa shape index (κ3) is 3.07. The molecule has 0 saturated heterocycles. The van der Waals surface area contributed by atoms with Crippen LogP contribution in [0, 0.1) is 13.8 Å². The van der Waals surface area contributed by atoms with Gasteiger partial charge in [0.2, 0.25) is 0 Å². The molecule has 1 N–H and O–H groups in total. The fourth-order valence-corrected chi connectivity index (χ4v) is 3.74. The average molecular weight is 287 g/mol. The Hall–Kier alpha value is -1.26. The summed E-state index contributed by atoms with van der Waals surface area (Å²) in [6.07, 6.45) is 4.84. The molecule has 0 radical (unpaired) electrons. The summed E-state index contributed by atoms with van der Waals surface area (Å²) < 4.78 is 0. The first-order chi connectivity index (χ1) is 9.72. The van der Waals surface area contributed by atoms with E-state index in [0.717, 1.165) is 25.2 Å². The largest absolute Gasteiger partial charge is 0.311 e. The summed E-state index contributed by atoms with van der Waals surface area (Å²) >= 11 is 1.82. The SMILES string of the molecule is Cc1ccc2c(n1)CCC2.Cc1nc2c(s1)CNCC2. The van der Waals surface area contributed by atoms with E-state index < -0.39 is 0 Å². The lowest BCUT2D eigenvalue weighted by molar-refractivity contribution is 0.643. The van der Waals surface area contributed by atoms with Crippen LogP contribution in [0.5, 0.6) is 0 Å². The predicted octanol–water partition coefficient (Wildman–Crippen LogP) is 2.98. The average Bonchev–Trinajstić information content (AvgIpc) is 3.03. The molecule has 0 saturated carbocycles. The fourth-order valence-electron chi connectivity index (χ4n) is 2.78. The molecule has 1 aliphatic carbocycles. The minimum absolute atomic E-state index is 1.03. The lowest BCUT2D eigenvalue weighted by Gasteiger charge is -2.09. The summed E-state index contributed by atoms with van der Waals surface area (Å²) in [5.74, 6) is 0. The van der Waals surface area contributed by atoms with Crippen LogP contribution in [0.25, 0.3) is 0 Å². The van der Waals surface area contributed by atoms with Gasteiger partial charge in [0.1, 0.15) is 0 Å². The number of hydrogen-bond acceptors (Lipinski definition) is 4. The maximum Gasteiger partial charge on any atom is 0.0900 e. The number of pyridine rings is 1. The van der Waals surface area contributed by atoms with Crippen LogP contribution in [0.1, 0.15) is 39.0 Å². The number of nitrogens with one attached hydrogen (secondary N) is 1. The smallest absolute Gasteiger partial charge is 0.0900 e. The van der Waals surface area contributed by atoms with Crippen molar-refractivity contribution in [1.82, 2.24) is 15.3 Å². The quantitative estimate of drug-likeness (QED) is 0.809. The monoisotopic (exact) mass is 287 g/mol. The number of thiazole rings is 1. The van der Waals surface area contributed by atoms with Crippen LogP contribution >= 0.6 is 11.3 Å². The van der Waals surface area contributed by atoms with Crippen LogP contribution in [0.3, 0.4) is 0 Å². The number of aryl methyl sites for hydroxylation is 4. The minimum Gasteiger partial charge on any atom is -0.311 e. The Morgan fingerprint density at radius 1 is 1.05 bits per heavy atom. The molecule has 0 unspecified atom stereocenters. The van der Waals surface area contributed by atoms with Crippen LogP contribution in [0.15, 0.2) is 12.1 Å². The topological polar surface area (TPSA) is 37.8 Å². The van der Waals surface area contributed by atoms with E-state index in [0.29, 0.717) is 0 Å². The van der Waals surface area contributed by atoms with Gasteiger partial charge < -0.3 is 5.32 Å². The van der Waals surface area contributed by atoms with Gasteiger partial charge in [0.25, 0.3) is 0 Å². The highest BCUT2D eigenvalue weighted by Gasteiger charge is 2.12. The molecule has 1 aliphatic heterocycles. The Kier molecular flexibility index (Phi) is 4.13. The zero-order chi connectivity index (χ0) is 13.9. The van der Waals surface area contributed by atoms with Gasteiger partial charge >= 0.3 is 0 Å². The van der Waals surface area contributed by atoms with Crippen molar-refractivity contribution in [2.45, 2.75) is 46.1 Å². The van der Waals surface area contributed by atoms with Gasteiger partial charge in [-0.05, 0) is 44.7 Å². The van der Waals surface area contributed by atoms with E-state index in [9.17, 15) is 0 Å². The van der Waals surface area contributed by atoms with E-state index in [4.69, 9.17) is 0 Å². The summed E-state index contributed by atoms with van der Waals surface area (Å²) in [5, 5.41) is 4.53. The molecule has 4 rings (SSSR count). The Morgan fingerprint density at radius 2 is 1.95 bits per heavy atom. The zero-order valence-electron chi connectivity index (χ0n) is 12.2. The Balaban J connectivity index is 0.000000121. The normalized spacial score (nSPS) is 16.1. The van der Waals surface area contributed by atoms with Gasteiger partial charge in [0.15, 0.2) is 0 Å². The second-order valence-corrected chi connectivity index (χ2v) is 6.73. The fraction of sp³-hybridized carbons (Fsp3) is 0.500. The van der Waals surface area contributed by atoms with E-state index in [2.05, 4.69) is 41.3 Å². The molecule has 0 atom stereocenters. The van der Waals surface area contributed by atoms with E-state index in [1.807, 2.05) is 11.3 Å². The predicted molar refractivity (Wildman–Crippen MR) is 83.3 cm³/mol. The van der Waals surface area contributed by atoms with E-state index in [1.54, 1.807) is 0 Å². The number of fused-ring (bicyclic) bond motifs is 2. The number of hydrogen-bond donors (Lipinski definition) is 1. The van der Waals surface area contributed by atoms with Crippen LogP contribution in [0.4, 0.5) is 0 Å². The van der Waals surface area contributed by atoms with Gasteiger partial charge in [0, 0.05) is 35.8 Å². The van der Waals surface area contributed by atoms with Crippen molar-refractivity contribution in [3.8, 4) is 0 Å². The second kappa shape index (κ2) is 6.02. The first-order valence-corrected chi connectivity index (χ1v) is 8.15. The van der Waals surface area contributed by atoms with E-state index >= 15 is 0 Å². The standard InChI is InChI=1S/C9H11N.C7H10N2S/c1-7-5-6-8-3-2-4-9(8)10-7;1-5-9-6-2-3-8-4-7(6)10-5/h5-6H,2-4H2,1H3;8H,2-4H2,1H3. The highest BCUT2D eigenvalue weighted by molar-refractivity contribution is 7.11. The second-order valence-electron chi connectivity index (χ2n) is 5.44. The molecule has 0 bridgehead atoms. The first kappa shape index (κ1) is 13.7. The van der Waals surface area contributed by atoms with Crippen LogP contribution in [-0.4, -0.2) is 16.5 Å². The Morgan fingerprint density at radius 3 is 2.80 bits per heavy atom. The zero-order valence-corrected chi connectivity index (χ0v) is 13.0. The van der Waals surface area contributed by atoms with Crippen molar-refractivity contribution in [2.75, 3.05) is 6.54 Å². The summed E-state index contributed by atoms with van der Waals surface area (Å²) in [4.78, 5) is 10.3. The third-order valence-corrected chi connectivity index (χ3v) is 4.79. The molecule has 3 heterocycles. The summed E-state index contributed by atoms with van der Waals surface area (Å²) in [6.45, 7) is 6.25. The molecular weight excluding hydrogens is 266 g/mol. The lowest BCUT2D eigenvalue weighted by atomic mass is 10.2. The molecule has 2 aromatic rings. The molecule has 2 aliphatic rings. The van der Waals surface area contributed by atoms with Crippen LogP contribution < -0.4 is 5.32 Å². The van der Waals surface area contributed by atoms with Crippen LogP contribution in [-0.2, 0) is 25.8 Å². The van der Waals surface area contributed by atoms with Gasteiger partial charge in [0.05, 0.1) is 10.7 Å². The Labute approximate surface area is 124 Å². The van der Waals surface area contributed by atoms with Crippen molar-refractivity contribution in [3.05, 3.63) is 44.7 Å². The maximum atomic E-state index is 4.45. The third-order valence-electron chi connectivity index (χ3n) is 3.78. The van der Waals surface area contributed by atoms with Gasteiger partial charge in [-0.15, -0.1) is 11.3 Å². The summed E-state index contributed by atoms with van der Waals surface area (Å²) in [6, 6.07) is 4.31. The van der Waals surface area contributed by atoms with Crippen LogP contribution in [0.2, 0.25) is 0 Å². The molecule has 20 heavy (non-hydrogen) atoms. The molecule has 0 spiro atoms. The molecular formula is C16H21N3S. The maximum absolute atomic E-state index is 4.45. The van der Waals surface area contributed by atoms with Crippen molar-refractivity contribution in [1.29, 1.82) is 0 Å². The van der Waals surface area contributed by atoms with Gasteiger partial charge in [-0.2, -0.15) is 0 Å². The van der Waals surface area contributed by atoms with Crippen molar-refractivity contribution in [3.63, 3.8) is 0 Å². The first-order valence-electron chi connectivity index (χ1n) is 7.33. The molecule has 0 aromatic carbocycles. The summed E-state index contributed by atoms with van der Waals surface area (Å²) in [7, 11) is 0. The number of aromatic nitrogens is 2. The van der Waals surface area contributed by atoms with Crippen molar-refractivity contribution in [2.24, 2.45) is 0 Å². The molecule has 3 nitrogen and oxygen atoms in total. The number of nitrogens with zero attached hydrogens (tertiary/aromatic N) is 2. The molecule has 106 valence electrons. The van der Waals surface area contributed by atoms with Crippen molar-refractivity contribution < 1.29 is 0 Å². The Bertz CT molecular complexity index is 580. The molecule has 2 aromatic heterocycles. The highest BCUT2D eigenvalue weighted by Crippen LogP contribution is 2.20. The molecule has 0 amide bonds. The lowest BCUT2D eigenvalue weighted by Crippen LogP contribution is -2.22. The minimum atomic E-state index is 1.03. The number of rotatable bonds is 0. The van der Waals surface area contributed by atoms with Gasteiger partial charge in [-0.1, -0.05) is 6.07 Å². The molecule has 0 fully saturated rings. The van der Waals surface area contributed by atoms with Crippen molar-refractivity contribution >= 4 is 11.3 Å². The molecule has 4 heteroatoms. The van der Waals surface area contributed by atoms with Gasteiger partial charge in [-0.25, -0.2) is 4.98 Å². The summed E-state index contributed by atoms with van der Waals surface area (Å²) in [5.41, 5.74) is 5.27. The van der Waals surface area contributed by atoms with Gasteiger partial charge in [-0.3, -0.25) is 4.98 Å².